The number of carbonyl (C=O) groups excluding carboxylic acids is 1. The van der Waals surface area contributed by atoms with E-state index in [1.807, 2.05) is 20.8 Å². The molecule has 20 heavy (non-hydrogen) atoms. The maximum atomic E-state index is 12.1. The fraction of sp³-hybridized carbons (Fsp3) is 0.533. The Bertz CT molecular complexity index is 609. The molecule has 1 amide bonds. The fourth-order valence-electron chi connectivity index (χ4n) is 2.18. The molecule has 1 aliphatic heterocycles. The van der Waals surface area contributed by atoms with Crippen LogP contribution in [0.2, 0.25) is 0 Å². The van der Waals surface area contributed by atoms with Gasteiger partial charge in [-0.3, -0.25) is 0 Å². The lowest BCUT2D eigenvalue weighted by atomic mass is 9.99. The molecule has 0 atom stereocenters. The summed E-state index contributed by atoms with van der Waals surface area (Å²) < 4.78 is 31.8. The summed E-state index contributed by atoms with van der Waals surface area (Å²) in [5, 5.41) is 0. The molecule has 0 radical (unpaired) electrons. The topological polar surface area (TPSA) is 64.8 Å². The summed E-state index contributed by atoms with van der Waals surface area (Å²) in [5.74, 6) is 0.148. The Kier molecular flexibility index (Phi) is 2.83. The monoisotopic (exact) mass is 281 g/mol. The van der Waals surface area contributed by atoms with Gasteiger partial charge in [-0.05, 0) is 50.5 Å². The smallest absolute Gasteiger partial charge is 0.410 e. The molecule has 0 spiro atoms. The van der Waals surface area contributed by atoms with Crippen LogP contribution in [0.5, 0.6) is 5.75 Å². The van der Waals surface area contributed by atoms with Crippen molar-refractivity contribution in [1.82, 2.24) is 4.90 Å². The number of nitrogen functional groups attached to an aromatic ring is 1. The number of rotatable bonds is 1. The molecule has 5 heteroatoms. The number of nitrogens with zero attached hydrogens (tertiary/aromatic N) is 1. The molecule has 5 nitrogen and oxygen atoms in total. The van der Waals surface area contributed by atoms with Gasteiger partial charge in [0.05, 0.1) is 16.8 Å². The van der Waals surface area contributed by atoms with Gasteiger partial charge in [0.1, 0.15) is 11.4 Å². The maximum absolute atomic E-state index is 12.1. The van der Waals surface area contributed by atoms with Gasteiger partial charge in [-0.25, -0.2) is 4.79 Å². The Labute approximate surface area is 123 Å². The highest BCUT2D eigenvalue weighted by Gasteiger charge is 2.26. The molecule has 2 rings (SSSR count). The normalized spacial score (nSPS) is 17.6. The van der Waals surface area contributed by atoms with Crippen LogP contribution in [0.3, 0.4) is 0 Å². The minimum atomic E-state index is -2.54. The molecular weight excluding hydrogens is 256 g/mol. The third-order valence-corrected chi connectivity index (χ3v) is 3.11. The van der Waals surface area contributed by atoms with Crippen molar-refractivity contribution in [1.29, 1.82) is 0 Å². The van der Waals surface area contributed by atoms with Gasteiger partial charge in [0, 0.05) is 13.1 Å². The van der Waals surface area contributed by atoms with Gasteiger partial charge < -0.3 is 20.1 Å². The number of methoxy groups -OCH3 is 1. The first-order valence-corrected chi connectivity index (χ1v) is 6.53. The lowest BCUT2D eigenvalue weighted by Crippen LogP contribution is -2.39. The lowest BCUT2D eigenvalue weighted by Gasteiger charge is -2.31. The minimum absolute atomic E-state index is 0.148. The van der Waals surface area contributed by atoms with Gasteiger partial charge in [0.25, 0.3) is 0 Å². The standard InChI is InChI=1S/C15H22N2O3/c1-15(2,3)20-14(18)17-6-5-10-8-13(19-4)12(16)7-11(10)9-17/h7-8H,5-6,9,16H2,1-4H3/i4D3. The number of ether oxygens (including phenoxy) is 2. The average molecular weight is 281 g/mol. The second-order valence-electron chi connectivity index (χ2n) is 5.91. The van der Waals surface area contributed by atoms with Crippen LogP contribution in [-0.4, -0.2) is 30.2 Å². The molecule has 0 aliphatic carbocycles. The number of fused-ring (bicyclic) bond motifs is 1. The molecule has 110 valence electrons. The highest BCUT2D eigenvalue weighted by Crippen LogP contribution is 2.30. The molecule has 1 aromatic rings. The van der Waals surface area contributed by atoms with Crippen LogP contribution >= 0.6 is 0 Å². The molecular formula is C15H22N2O3. The van der Waals surface area contributed by atoms with Crippen molar-refractivity contribution in [2.24, 2.45) is 0 Å². The van der Waals surface area contributed by atoms with Crippen molar-refractivity contribution in [3.05, 3.63) is 23.3 Å². The van der Waals surface area contributed by atoms with Gasteiger partial charge in [0.15, 0.2) is 0 Å². The van der Waals surface area contributed by atoms with E-state index in [0.29, 0.717) is 19.5 Å². The first-order valence-electron chi connectivity index (χ1n) is 8.03. The Morgan fingerprint density at radius 3 is 2.80 bits per heavy atom. The van der Waals surface area contributed by atoms with Crippen LogP contribution in [-0.2, 0) is 17.7 Å². The number of anilines is 1. The van der Waals surface area contributed by atoms with Crippen molar-refractivity contribution >= 4 is 11.8 Å². The number of hydrogen-bond donors (Lipinski definition) is 1. The fourth-order valence-corrected chi connectivity index (χ4v) is 2.18. The second kappa shape index (κ2) is 5.23. The molecule has 0 aromatic heterocycles. The van der Waals surface area contributed by atoms with E-state index >= 15 is 0 Å². The summed E-state index contributed by atoms with van der Waals surface area (Å²) in [5.41, 5.74) is 7.36. The number of carbonyl (C=O) groups is 1. The first-order chi connectivity index (χ1) is 10.4. The van der Waals surface area contributed by atoms with Crippen molar-refractivity contribution < 1.29 is 18.4 Å². The molecule has 0 bridgehead atoms. The van der Waals surface area contributed by atoms with Gasteiger partial charge in [-0.2, -0.15) is 0 Å². The van der Waals surface area contributed by atoms with Crippen LogP contribution in [0.15, 0.2) is 12.1 Å². The van der Waals surface area contributed by atoms with E-state index < -0.39 is 12.6 Å². The number of benzene rings is 1. The van der Waals surface area contributed by atoms with E-state index in [-0.39, 0.29) is 17.5 Å². The van der Waals surface area contributed by atoms with E-state index in [9.17, 15) is 4.79 Å². The lowest BCUT2D eigenvalue weighted by molar-refractivity contribution is 0.0224. The summed E-state index contributed by atoms with van der Waals surface area (Å²) >= 11 is 0. The summed E-state index contributed by atoms with van der Waals surface area (Å²) in [6.07, 6.45) is 0.219. The zero-order valence-electron chi connectivity index (χ0n) is 15.0. The second-order valence-corrected chi connectivity index (χ2v) is 5.91. The maximum Gasteiger partial charge on any atom is 0.410 e. The Morgan fingerprint density at radius 1 is 1.40 bits per heavy atom. The Hall–Kier alpha value is -1.91. The van der Waals surface area contributed by atoms with Crippen LogP contribution in [0, 0.1) is 0 Å². The summed E-state index contributed by atoms with van der Waals surface area (Å²) in [7, 11) is -2.54. The number of amides is 1. The van der Waals surface area contributed by atoms with Crippen molar-refractivity contribution in [2.75, 3.05) is 19.3 Å². The van der Waals surface area contributed by atoms with Crippen LogP contribution < -0.4 is 10.5 Å². The van der Waals surface area contributed by atoms with Gasteiger partial charge in [-0.15, -0.1) is 0 Å². The molecule has 0 fully saturated rings. The SMILES string of the molecule is [2H]C([2H])([2H])Oc1cc2c(cc1N)CN(C(=O)OC(C)(C)C)CC2. The van der Waals surface area contributed by atoms with E-state index in [4.69, 9.17) is 19.3 Å². The summed E-state index contributed by atoms with van der Waals surface area (Å²) in [6.45, 7) is 6.33. The average Bonchev–Trinajstić information content (AvgIpc) is 2.35. The molecule has 1 aliphatic rings. The van der Waals surface area contributed by atoms with E-state index in [0.717, 1.165) is 11.1 Å². The molecule has 0 unspecified atom stereocenters. The first kappa shape index (κ1) is 10.8. The zero-order chi connectivity index (χ0) is 17.4. The third-order valence-electron chi connectivity index (χ3n) is 3.11. The van der Waals surface area contributed by atoms with Crippen LogP contribution in [0.1, 0.15) is 36.0 Å². The number of hydrogen-bond acceptors (Lipinski definition) is 4. The molecule has 1 heterocycles. The predicted octanol–water partition coefficient (Wildman–Crippen LogP) is 2.57. The highest BCUT2D eigenvalue weighted by atomic mass is 16.6. The summed E-state index contributed by atoms with van der Waals surface area (Å²) in [6, 6.07) is 3.30. The van der Waals surface area contributed by atoms with E-state index in [1.165, 1.54) is 0 Å². The van der Waals surface area contributed by atoms with Crippen LogP contribution in [0.25, 0.3) is 0 Å². The van der Waals surface area contributed by atoms with Gasteiger partial charge >= 0.3 is 6.09 Å². The van der Waals surface area contributed by atoms with Gasteiger partial charge in [-0.1, -0.05) is 0 Å². The van der Waals surface area contributed by atoms with Crippen molar-refractivity contribution in [3.8, 4) is 5.75 Å². The van der Waals surface area contributed by atoms with E-state index in [1.54, 1.807) is 17.0 Å². The quantitative estimate of drug-likeness (QED) is 0.803. The minimum Gasteiger partial charge on any atom is -0.495 e. The highest BCUT2D eigenvalue weighted by molar-refractivity contribution is 5.69. The molecule has 0 saturated carbocycles. The van der Waals surface area contributed by atoms with Crippen molar-refractivity contribution in [3.63, 3.8) is 0 Å². The molecule has 0 saturated heterocycles. The summed E-state index contributed by atoms with van der Waals surface area (Å²) in [4.78, 5) is 13.7. The largest absolute Gasteiger partial charge is 0.495 e. The van der Waals surface area contributed by atoms with Crippen LogP contribution in [0.4, 0.5) is 10.5 Å². The third kappa shape index (κ3) is 3.15. The Balaban J connectivity index is 2.16. The van der Waals surface area contributed by atoms with Gasteiger partial charge in [0.2, 0.25) is 0 Å². The van der Waals surface area contributed by atoms with E-state index in [2.05, 4.69) is 0 Å². The van der Waals surface area contributed by atoms with Crippen molar-refractivity contribution in [2.45, 2.75) is 39.3 Å². The Morgan fingerprint density at radius 2 is 2.15 bits per heavy atom. The molecule has 2 N–H and O–H groups in total. The zero-order valence-corrected chi connectivity index (χ0v) is 12.0. The predicted molar refractivity (Wildman–Crippen MR) is 77.8 cm³/mol. The molecule has 1 aromatic carbocycles. The number of nitrogens with two attached hydrogens (primary N) is 1.